The molecule has 6 heteroatoms. The van der Waals surface area contributed by atoms with E-state index >= 15 is 0 Å². The number of nitrogen functional groups attached to an aromatic ring is 1. The number of hydrogen-bond acceptors (Lipinski definition) is 4. The van der Waals surface area contributed by atoms with Gasteiger partial charge in [-0.05, 0) is 31.2 Å². The molecular weight excluding hydrogens is 258 g/mol. The maximum absolute atomic E-state index is 12.4. The third-order valence-corrected chi connectivity index (χ3v) is 3.51. The zero-order chi connectivity index (χ0) is 14.3. The molecule has 2 amide bonds. The van der Waals surface area contributed by atoms with E-state index in [1.807, 2.05) is 0 Å². The summed E-state index contributed by atoms with van der Waals surface area (Å²) >= 11 is 0. The molecule has 1 unspecified atom stereocenters. The maximum atomic E-state index is 12.4. The molecule has 0 saturated carbocycles. The van der Waals surface area contributed by atoms with Gasteiger partial charge in [-0.1, -0.05) is 0 Å². The van der Waals surface area contributed by atoms with E-state index in [1.54, 1.807) is 31.2 Å². The molecule has 1 saturated heterocycles. The second-order valence-electron chi connectivity index (χ2n) is 4.87. The van der Waals surface area contributed by atoms with E-state index in [2.05, 4.69) is 5.32 Å². The Balaban J connectivity index is 1.93. The smallest absolute Gasteiger partial charge is 0.290 e. The Morgan fingerprint density at radius 3 is 3.05 bits per heavy atom. The van der Waals surface area contributed by atoms with Gasteiger partial charge in [0.15, 0.2) is 5.76 Å². The van der Waals surface area contributed by atoms with Crippen LogP contribution in [-0.4, -0.2) is 35.8 Å². The van der Waals surface area contributed by atoms with Crippen molar-refractivity contribution in [3.8, 4) is 0 Å². The van der Waals surface area contributed by atoms with Crippen LogP contribution in [0.25, 0.3) is 11.0 Å². The highest BCUT2D eigenvalue weighted by Crippen LogP contribution is 2.23. The highest BCUT2D eigenvalue weighted by atomic mass is 16.3. The number of nitrogens with zero attached hydrogens (tertiary/aromatic N) is 1. The molecule has 3 rings (SSSR count). The zero-order valence-electron chi connectivity index (χ0n) is 11.1. The molecule has 1 aliphatic rings. The van der Waals surface area contributed by atoms with Crippen molar-refractivity contribution in [3.63, 3.8) is 0 Å². The number of anilines is 1. The Morgan fingerprint density at radius 2 is 2.25 bits per heavy atom. The minimum atomic E-state index is -0.491. The van der Waals surface area contributed by atoms with Crippen LogP contribution in [0.3, 0.4) is 0 Å². The summed E-state index contributed by atoms with van der Waals surface area (Å²) in [6.07, 6.45) is 0. The van der Waals surface area contributed by atoms with Gasteiger partial charge in [0.2, 0.25) is 5.91 Å². The van der Waals surface area contributed by atoms with Crippen molar-refractivity contribution in [1.82, 2.24) is 10.2 Å². The average Bonchev–Trinajstić information content (AvgIpc) is 2.84. The van der Waals surface area contributed by atoms with Gasteiger partial charge in [-0.15, -0.1) is 0 Å². The zero-order valence-corrected chi connectivity index (χ0v) is 11.1. The van der Waals surface area contributed by atoms with Gasteiger partial charge >= 0.3 is 0 Å². The summed E-state index contributed by atoms with van der Waals surface area (Å²) in [6.45, 7) is 2.64. The predicted molar refractivity (Wildman–Crippen MR) is 74.1 cm³/mol. The first kappa shape index (κ1) is 12.5. The van der Waals surface area contributed by atoms with Crippen molar-refractivity contribution in [3.05, 3.63) is 30.0 Å². The van der Waals surface area contributed by atoms with E-state index in [0.29, 0.717) is 24.4 Å². The average molecular weight is 273 g/mol. The number of furan rings is 1. The molecule has 0 spiro atoms. The Morgan fingerprint density at radius 1 is 1.45 bits per heavy atom. The van der Waals surface area contributed by atoms with Crippen molar-refractivity contribution in [2.45, 2.75) is 13.0 Å². The van der Waals surface area contributed by atoms with Crippen LogP contribution in [-0.2, 0) is 4.79 Å². The van der Waals surface area contributed by atoms with Crippen LogP contribution in [0.15, 0.2) is 28.7 Å². The summed E-state index contributed by atoms with van der Waals surface area (Å²) in [5, 5.41) is 3.50. The highest BCUT2D eigenvalue weighted by Gasteiger charge is 2.31. The van der Waals surface area contributed by atoms with E-state index in [-0.39, 0.29) is 17.6 Å². The minimum Gasteiger partial charge on any atom is -0.451 e. The van der Waals surface area contributed by atoms with Gasteiger partial charge in [0.1, 0.15) is 11.6 Å². The number of carbonyl (C=O) groups is 2. The molecule has 0 aliphatic carbocycles. The van der Waals surface area contributed by atoms with Gasteiger partial charge in [-0.2, -0.15) is 0 Å². The standard InChI is InChI=1S/C14H15N3O3/c1-8-13(18)16-4-5-17(8)14(19)12-7-9-6-10(15)2-3-11(9)20-12/h2-3,6-8H,4-5,15H2,1H3,(H,16,18). The summed E-state index contributed by atoms with van der Waals surface area (Å²) in [7, 11) is 0. The van der Waals surface area contributed by atoms with Crippen molar-refractivity contribution in [1.29, 1.82) is 0 Å². The Bertz CT molecular complexity index is 692. The molecule has 1 aromatic carbocycles. The fraction of sp³-hybridized carbons (Fsp3) is 0.286. The molecule has 1 aliphatic heterocycles. The van der Waals surface area contributed by atoms with Crippen LogP contribution in [0.5, 0.6) is 0 Å². The fourth-order valence-corrected chi connectivity index (χ4v) is 2.37. The van der Waals surface area contributed by atoms with Crippen LogP contribution in [0.4, 0.5) is 5.69 Å². The van der Waals surface area contributed by atoms with Crippen LogP contribution in [0.2, 0.25) is 0 Å². The molecular formula is C14H15N3O3. The van der Waals surface area contributed by atoms with E-state index in [9.17, 15) is 9.59 Å². The third kappa shape index (κ3) is 1.99. The van der Waals surface area contributed by atoms with Gasteiger partial charge in [-0.25, -0.2) is 0 Å². The maximum Gasteiger partial charge on any atom is 0.290 e. The van der Waals surface area contributed by atoms with Crippen LogP contribution >= 0.6 is 0 Å². The molecule has 0 radical (unpaired) electrons. The number of nitrogens with two attached hydrogens (primary N) is 1. The second-order valence-corrected chi connectivity index (χ2v) is 4.87. The summed E-state index contributed by atoms with van der Waals surface area (Å²) < 4.78 is 5.54. The van der Waals surface area contributed by atoms with Crippen molar-refractivity contribution in [2.75, 3.05) is 18.8 Å². The number of piperazine rings is 1. The topological polar surface area (TPSA) is 88.6 Å². The fourth-order valence-electron chi connectivity index (χ4n) is 2.37. The van der Waals surface area contributed by atoms with E-state index < -0.39 is 6.04 Å². The summed E-state index contributed by atoms with van der Waals surface area (Å²) in [6, 6.07) is 6.37. The van der Waals surface area contributed by atoms with Gasteiger partial charge in [-0.3, -0.25) is 9.59 Å². The monoisotopic (exact) mass is 273 g/mol. The van der Waals surface area contributed by atoms with Gasteiger partial charge < -0.3 is 20.4 Å². The van der Waals surface area contributed by atoms with E-state index in [1.165, 1.54) is 4.90 Å². The molecule has 2 heterocycles. The lowest BCUT2D eigenvalue weighted by Gasteiger charge is -2.32. The number of carbonyl (C=O) groups excluding carboxylic acids is 2. The third-order valence-electron chi connectivity index (χ3n) is 3.51. The summed E-state index contributed by atoms with van der Waals surface area (Å²) in [4.78, 5) is 25.5. The molecule has 1 atom stereocenters. The van der Waals surface area contributed by atoms with Crippen molar-refractivity contribution < 1.29 is 14.0 Å². The van der Waals surface area contributed by atoms with Gasteiger partial charge in [0, 0.05) is 24.2 Å². The quantitative estimate of drug-likeness (QED) is 0.758. The number of amides is 2. The Hall–Kier alpha value is -2.50. The lowest BCUT2D eigenvalue weighted by Crippen LogP contribution is -2.55. The summed E-state index contributed by atoms with van der Waals surface area (Å²) in [5.41, 5.74) is 6.92. The SMILES string of the molecule is CC1C(=O)NCCN1C(=O)c1cc2cc(N)ccc2o1. The molecule has 1 fully saturated rings. The number of hydrogen-bond donors (Lipinski definition) is 2. The Kier molecular flexibility index (Phi) is 2.85. The van der Waals surface area contributed by atoms with Crippen LogP contribution in [0, 0.1) is 0 Å². The largest absolute Gasteiger partial charge is 0.451 e. The van der Waals surface area contributed by atoms with Gasteiger partial charge in [0.05, 0.1) is 0 Å². The first-order valence-corrected chi connectivity index (χ1v) is 6.44. The molecule has 2 aromatic rings. The van der Waals surface area contributed by atoms with Crippen LogP contribution < -0.4 is 11.1 Å². The number of rotatable bonds is 1. The molecule has 6 nitrogen and oxygen atoms in total. The normalized spacial score (nSPS) is 19.1. The van der Waals surface area contributed by atoms with Crippen molar-refractivity contribution in [2.24, 2.45) is 0 Å². The van der Waals surface area contributed by atoms with Gasteiger partial charge in [0.25, 0.3) is 5.91 Å². The summed E-state index contributed by atoms with van der Waals surface area (Å²) in [5.74, 6) is -0.195. The molecule has 1 aromatic heterocycles. The number of benzene rings is 1. The van der Waals surface area contributed by atoms with E-state index in [0.717, 1.165) is 5.39 Å². The van der Waals surface area contributed by atoms with Crippen LogP contribution in [0.1, 0.15) is 17.5 Å². The first-order chi connectivity index (χ1) is 9.56. The highest BCUT2D eigenvalue weighted by molar-refractivity contribution is 5.99. The van der Waals surface area contributed by atoms with E-state index in [4.69, 9.17) is 10.2 Å². The lowest BCUT2D eigenvalue weighted by atomic mass is 10.2. The lowest BCUT2D eigenvalue weighted by molar-refractivity contribution is -0.127. The second kappa shape index (κ2) is 4.56. The Labute approximate surface area is 115 Å². The first-order valence-electron chi connectivity index (χ1n) is 6.44. The molecule has 104 valence electrons. The predicted octanol–water partition coefficient (Wildman–Crippen LogP) is 0.975. The number of fused-ring (bicyclic) bond motifs is 1. The molecule has 3 N–H and O–H groups in total. The number of nitrogens with one attached hydrogen (secondary N) is 1. The molecule has 0 bridgehead atoms. The minimum absolute atomic E-state index is 0.148. The molecule has 20 heavy (non-hydrogen) atoms. The van der Waals surface area contributed by atoms with Crippen molar-refractivity contribution >= 4 is 28.5 Å².